The maximum absolute atomic E-state index is 12.5. The van der Waals surface area contributed by atoms with Crippen molar-refractivity contribution in [3.05, 3.63) is 59.7 Å². The van der Waals surface area contributed by atoms with Gasteiger partial charge < -0.3 is 4.74 Å². The van der Waals surface area contributed by atoms with Crippen LogP contribution in [-0.4, -0.2) is 5.78 Å². The second-order valence-corrected chi connectivity index (χ2v) is 7.39. The highest BCUT2D eigenvalue weighted by atomic mass is 16.5. The zero-order valence-corrected chi connectivity index (χ0v) is 17.0. The predicted octanol–water partition coefficient (Wildman–Crippen LogP) is 7.89. The summed E-state index contributed by atoms with van der Waals surface area (Å²) >= 11 is 0. The van der Waals surface area contributed by atoms with E-state index in [0.717, 1.165) is 35.5 Å². The van der Waals surface area contributed by atoms with Crippen LogP contribution in [0.5, 0.6) is 11.5 Å². The van der Waals surface area contributed by atoms with Crippen LogP contribution in [0.4, 0.5) is 0 Å². The van der Waals surface area contributed by atoms with E-state index >= 15 is 0 Å². The zero-order chi connectivity index (χ0) is 19.3. The molecular formula is C25H34O2. The van der Waals surface area contributed by atoms with Gasteiger partial charge in [0.05, 0.1) is 0 Å². The molecule has 0 radical (unpaired) electrons. The number of hydrogen-bond donors (Lipinski definition) is 0. The Morgan fingerprint density at radius 3 is 2.04 bits per heavy atom. The van der Waals surface area contributed by atoms with Crippen LogP contribution in [0.1, 0.15) is 87.1 Å². The topological polar surface area (TPSA) is 26.3 Å². The monoisotopic (exact) mass is 366 g/mol. The molecule has 0 bridgehead atoms. The number of para-hydroxylation sites is 1. The van der Waals surface area contributed by atoms with E-state index in [1.807, 2.05) is 55.5 Å². The van der Waals surface area contributed by atoms with Gasteiger partial charge in [-0.25, -0.2) is 0 Å². The Kier molecular flexibility index (Phi) is 9.68. The van der Waals surface area contributed by atoms with Crippen LogP contribution in [0.2, 0.25) is 0 Å². The van der Waals surface area contributed by atoms with Crippen molar-refractivity contribution in [2.75, 3.05) is 0 Å². The summed E-state index contributed by atoms with van der Waals surface area (Å²) in [5, 5.41) is 0. The lowest BCUT2D eigenvalue weighted by molar-refractivity contribution is 0.0978. The third-order valence-corrected chi connectivity index (χ3v) is 4.98. The van der Waals surface area contributed by atoms with Gasteiger partial charge in [0.2, 0.25) is 0 Å². The molecule has 27 heavy (non-hydrogen) atoms. The average molecular weight is 367 g/mol. The molecule has 0 aliphatic heterocycles. The van der Waals surface area contributed by atoms with E-state index in [2.05, 4.69) is 6.92 Å². The molecule has 0 atom stereocenters. The number of unbranched alkanes of at least 4 members (excludes halogenated alkanes) is 8. The Morgan fingerprint density at radius 1 is 0.778 bits per heavy atom. The Morgan fingerprint density at radius 2 is 1.41 bits per heavy atom. The number of aryl methyl sites for hydroxylation is 1. The van der Waals surface area contributed by atoms with Crippen LogP contribution in [0.15, 0.2) is 48.5 Å². The Hall–Kier alpha value is -2.09. The van der Waals surface area contributed by atoms with E-state index < -0.39 is 0 Å². The molecule has 2 rings (SSSR count). The zero-order valence-electron chi connectivity index (χ0n) is 17.0. The number of benzene rings is 2. The fourth-order valence-corrected chi connectivity index (χ4v) is 3.37. The third-order valence-electron chi connectivity index (χ3n) is 4.98. The number of carbonyl (C=O) groups excluding carboxylic acids is 1. The quantitative estimate of drug-likeness (QED) is 0.266. The number of ketones is 1. The van der Waals surface area contributed by atoms with Gasteiger partial charge in [-0.2, -0.15) is 0 Å². The van der Waals surface area contributed by atoms with Crippen molar-refractivity contribution in [3.8, 4) is 11.5 Å². The van der Waals surface area contributed by atoms with Crippen molar-refractivity contribution >= 4 is 5.78 Å². The second-order valence-electron chi connectivity index (χ2n) is 7.39. The van der Waals surface area contributed by atoms with Gasteiger partial charge in [0.1, 0.15) is 11.5 Å². The van der Waals surface area contributed by atoms with E-state index in [4.69, 9.17) is 4.74 Å². The lowest BCUT2D eigenvalue weighted by Gasteiger charge is -2.09. The summed E-state index contributed by atoms with van der Waals surface area (Å²) in [6.45, 7) is 4.24. The highest BCUT2D eigenvalue weighted by Crippen LogP contribution is 2.24. The highest BCUT2D eigenvalue weighted by Gasteiger charge is 2.10. The molecule has 0 fully saturated rings. The van der Waals surface area contributed by atoms with Gasteiger partial charge in [0, 0.05) is 12.0 Å². The van der Waals surface area contributed by atoms with Crippen molar-refractivity contribution < 1.29 is 9.53 Å². The first kappa shape index (κ1) is 21.2. The number of rotatable bonds is 13. The fourth-order valence-electron chi connectivity index (χ4n) is 3.37. The minimum absolute atomic E-state index is 0.252. The Balaban J connectivity index is 1.70. The summed E-state index contributed by atoms with van der Waals surface area (Å²) < 4.78 is 5.84. The third kappa shape index (κ3) is 7.99. The number of carbonyl (C=O) groups is 1. The molecule has 0 aliphatic carbocycles. The minimum Gasteiger partial charge on any atom is -0.457 e. The van der Waals surface area contributed by atoms with Gasteiger partial charge in [-0.15, -0.1) is 0 Å². The molecule has 2 aromatic rings. The SMILES string of the molecule is CCCCCCCCCCCC(=O)c1ccc(Oc2ccccc2)cc1C. The Bertz CT molecular complexity index is 676. The second kappa shape index (κ2) is 12.3. The van der Waals surface area contributed by atoms with E-state index in [1.165, 1.54) is 44.9 Å². The van der Waals surface area contributed by atoms with Crippen LogP contribution in [0.25, 0.3) is 0 Å². The molecule has 0 spiro atoms. The summed E-state index contributed by atoms with van der Waals surface area (Å²) in [5.74, 6) is 1.84. The lowest BCUT2D eigenvalue weighted by Crippen LogP contribution is -2.02. The molecular weight excluding hydrogens is 332 g/mol. The minimum atomic E-state index is 0.252. The van der Waals surface area contributed by atoms with E-state index in [9.17, 15) is 4.79 Å². The molecule has 0 unspecified atom stereocenters. The van der Waals surface area contributed by atoms with Gasteiger partial charge in [-0.05, 0) is 49.2 Å². The van der Waals surface area contributed by atoms with Gasteiger partial charge in [-0.3, -0.25) is 4.79 Å². The van der Waals surface area contributed by atoms with Gasteiger partial charge in [0.25, 0.3) is 0 Å². The Labute approximate surface area is 165 Å². The molecule has 0 saturated carbocycles. The van der Waals surface area contributed by atoms with Gasteiger partial charge in [-0.1, -0.05) is 76.5 Å². The van der Waals surface area contributed by atoms with Gasteiger partial charge in [0.15, 0.2) is 5.78 Å². The maximum Gasteiger partial charge on any atom is 0.163 e. The molecule has 146 valence electrons. The largest absolute Gasteiger partial charge is 0.457 e. The summed E-state index contributed by atoms with van der Waals surface area (Å²) in [4.78, 5) is 12.5. The first-order chi connectivity index (χ1) is 13.2. The first-order valence-corrected chi connectivity index (χ1v) is 10.6. The standard InChI is InChI=1S/C25H34O2/c1-3-4-5-6-7-8-9-10-14-17-25(26)24-19-18-23(20-21(24)2)27-22-15-12-11-13-16-22/h11-13,15-16,18-20H,3-10,14,17H2,1-2H3. The normalized spacial score (nSPS) is 10.7. The summed E-state index contributed by atoms with van der Waals surface area (Å²) in [7, 11) is 0. The number of ether oxygens (including phenoxy) is 1. The molecule has 0 aromatic heterocycles. The van der Waals surface area contributed by atoms with Crippen LogP contribution < -0.4 is 4.74 Å². The first-order valence-electron chi connectivity index (χ1n) is 10.6. The molecule has 2 nitrogen and oxygen atoms in total. The van der Waals surface area contributed by atoms with Crippen molar-refractivity contribution in [3.63, 3.8) is 0 Å². The highest BCUT2D eigenvalue weighted by molar-refractivity contribution is 5.97. The smallest absolute Gasteiger partial charge is 0.163 e. The number of hydrogen-bond acceptors (Lipinski definition) is 2. The summed E-state index contributed by atoms with van der Waals surface area (Å²) in [5.41, 5.74) is 1.82. The van der Waals surface area contributed by atoms with Crippen LogP contribution in [0.3, 0.4) is 0 Å². The molecule has 0 N–H and O–H groups in total. The van der Waals surface area contributed by atoms with E-state index in [1.54, 1.807) is 0 Å². The van der Waals surface area contributed by atoms with Crippen LogP contribution in [0, 0.1) is 6.92 Å². The molecule has 2 heteroatoms. The van der Waals surface area contributed by atoms with Crippen molar-refractivity contribution in [2.45, 2.75) is 78.1 Å². The molecule has 0 heterocycles. The van der Waals surface area contributed by atoms with Crippen LogP contribution >= 0.6 is 0 Å². The summed E-state index contributed by atoms with van der Waals surface area (Å²) in [6, 6.07) is 15.5. The average Bonchev–Trinajstić information content (AvgIpc) is 2.67. The van der Waals surface area contributed by atoms with Crippen LogP contribution in [-0.2, 0) is 0 Å². The molecule has 0 saturated heterocycles. The van der Waals surface area contributed by atoms with Gasteiger partial charge >= 0.3 is 0 Å². The van der Waals surface area contributed by atoms with E-state index in [0.29, 0.717) is 6.42 Å². The predicted molar refractivity (Wildman–Crippen MR) is 114 cm³/mol. The van der Waals surface area contributed by atoms with E-state index in [-0.39, 0.29) is 5.78 Å². The number of Topliss-reactive ketones (excluding diaryl/α,β-unsaturated/α-hetero) is 1. The fraction of sp³-hybridized carbons (Fsp3) is 0.480. The lowest BCUT2D eigenvalue weighted by atomic mass is 9.99. The molecule has 2 aromatic carbocycles. The maximum atomic E-state index is 12.5. The molecule has 0 aliphatic rings. The molecule has 0 amide bonds. The van der Waals surface area contributed by atoms with Crippen molar-refractivity contribution in [2.24, 2.45) is 0 Å². The van der Waals surface area contributed by atoms with Crippen molar-refractivity contribution in [1.82, 2.24) is 0 Å². The van der Waals surface area contributed by atoms with Crippen molar-refractivity contribution in [1.29, 1.82) is 0 Å². The summed E-state index contributed by atoms with van der Waals surface area (Å²) in [6.07, 6.45) is 12.1.